The molecule has 0 fully saturated rings. The van der Waals surface area contributed by atoms with E-state index in [1.807, 2.05) is 24.3 Å². The normalized spacial score (nSPS) is 12.2. The number of hydrogen-bond acceptors (Lipinski definition) is 4. The van der Waals surface area contributed by atoms with Crippen molar-refractivity contribution >= 4 is 18.6 Å². The first kappa shape index (κ1) is 12.1. The van der Waals surface area contributed by atoms with E-state index < -0.39 is 0 Å². The first-order valence-electron chi connectivity index (χ1n) is 4.84. The lowest BCUT2D eigenvalue weighted by molar-refractivity contribution is -0.143. The molecule has 1 unspecified atom stereocenters. The average molecular weight is 225 g/mol. The van der Waals surface area contributed by atoms with Gasteiger partial charge in [0.25, 0.3) is 0 Å². The molecule has 0 heterocycles. The Labute approximate surface area is 95.0 Å². The maximum absolute atomic E-state index is 11.2. The first-order chi connectivity index (χ1) is 7.15. The van der Waals surface area contributed by atoms with Gasteiger partial charge in [0.1, 0.15) is 0 Å². The van der Waals surface area contributed by atoms with Crippen LogP contribution in [0.4, 0.5) is 0 Å². The largest absolute Gasteiger partial charge is 0.466 e. The molecule has 15 heavy (non-hydrogen) atoms. The van der Waals surface area contributed by atoms with E-state index in [1.54, 1.807) is 6.92 Å². The molecule has 1 aromatic carbocycles. The summed E-state index contributed by atoms with van der Waals surface area (Å²) >= 11 is 4.28. The van der Waals surface area contributed by atoms with Crippen molar-refractivity contribution in [2.24, 2.45) is 5.73 Å². The summed E-state index contributed by atoms with van der Waals surface area (Å²) in [5, 5.41) is 0. The average Bonchev–Trinajstić information content (AvgIpc) is 2.18. The van der Waals surface area contributed by atoms with Gasteiger partial charge in [-0.1, -0.05) is 18.2 Å². The molecule has 0 spiro atoms. The van der Waals surface area contributed by atoms with Gasteiger partial charge in [-0.05, 0) is 18.6 Å². The highest BCUT2D eigenvalue weighted by Crippen LogP contribution is 2.21. The van der Waals surface area contributed by atoms with E-state index in [4.69, 9.17) is 10.5 Å². The fraction of sp³-hybridized carbons (Fsp3) is 0.364. The summed E-state index contributed by atoms with van der Waals surface area (Å²) in [5.41, 5.74) is 6.75. The van der Waals surface area contributed by atoms with Crippen molar-refractivity contribution in [3.05, 3.63) is 29.8 Å². The minimum absolute atomic E-state index is 0.186. The van der Waals surface area contributed by atoms with E-state index in [0.29, 0.717) is 6.61 Å². The predicted molar refractivity (Wildman–Crippen MR) is 61.9 cm³/mol. The summed E-state index contributed by atoms with van der Waals surface area (Å²) < 4.78 is 4.83. The van der Waals surface area contributed by atoms with Crippen LogP contribution in [-0.2, 0) is 9.53 Å². The Morgan fingerprint density at radius 2 is 2.20 bits per heavy atom. The van der Waals surface area contributed by atoms with Crippen molar-refractivity contribution < 1.29 is 9.53 Å². The van der Waals surface area contributed by atoms with Crippen molar-refractivity contribution in [3.63, 3.8) is 0 Å². The fourth-order valence-corrected chi connectivity index (χ4v) is 1.64. The summed E-state index contributed by atoms with van der Waals surface area (Å²) in [5.74, 6) is -0.276. The molecular weight excluding hydrogens is 210 g/mol. The molecule has 0 saturated carbocycles. The van der Waals surface area contributed by atoms with Gasteiger partial charge < -0.3 is 10.5 Å². The molecular formula is C11H15NO2S. The van der Waals surface area contributed by atoms with Crippen LogP contribution in [0.25, 0.3) is 0 Å². The minimum atomic E-state index is -0.349. The molecule has 0 aliphatic rings. The Bertz CT molecular complexity index is 341. The second-order valence-corrected chi connectivity index (χ2v) is 3.66. The Kier molecular flexibility index (Phi) is 4.65. The van der Waals surface area contributed by atoms with Gasteiger partial charge in [0.15, 0.2) is 0 Å². The van der Waals surface area contributed by atoms with Gasteiger partial charge in [0.2, 0.25) is 0 Å². The van der Waals surface area contributed by atoms with Gasteiger partial charge in [-0.3, -0.25) is 4.79 Å². The van der Waals surface area contributed by atoms with E-state index in [2.05, 4.69) is 12.6 Å². The zero-order valence-corrected chi connectivity index (χ0v) is 9.54. The molecule has 3 nitrogen and oxygen atoms in total. The molecule has 0 saturated heterocycles. The quantitative estimate of drug-likeness (QED) is 0.608. The lowest BCUT2D eigenvalue weighted by Gasteiger charge is -2.12. The van der Waals surface area contributed by atoms with Crippen LogP contribution in [0.1, 0.15) is 24.9 Å². The Morgan fingerprint density at radius 3 is 2.80 bits per heavy atom. The maximum Gasteiger partial charge on any atom is 0.307 e. The van der Waals surface area contributed by atoms with Crippen molar-refractivity contribution in [2.45, 2.75) is 24.3 Å². The van der Waals surface area contributed by atoms with Gasteiger partial charge in [0.05, 0.1) is 13.0 Å². The smallest absolute Gasteiger partial charge is 0.307 e. The Hall–Kier alpha value is -1.00. The molecule has 0 radical (unpaired) electrons. The van der Waals surface area contributed by atoms with Crippen molar-refractivity contribution in [2.75, 3.05) is 6.61 Å². The molecule has 4 heteroatoms. The van der Waals surface area contributed by atoms with Gasteiger partial charge in [0, 0.05) is 10.9 Å². The molecule has 0 amide bonds. The summed E-state index contributed by atoms with van der Waals surface area (Å²) in [6.45, 7) is 2.16. The molecule has 1 aromatic rings. The number of ether oxygens (including phenoxy) is 1. The van der Waals surface area contributed by atoms with Crippen LogP contribution in [0.2, 0.25) is 0 Å². The molecule has 0 aliphatic heterocycles. The third-order valence-electron chi connectivity index (χ3n) is 2.03. The van der Waals surface area contributed by atoms with E-state index in [0.717, 1.165) is 10.5 Å². The van der Waals surface area contributed by atoms with Crippen molar-refractivity contribution in [1.82, 2.24) is 0 Å². The highest BCUT2D eigenvalue weighted by atomic mass is 32.1. The highest BCUT2D eigenvalue weighted by Gasteiger charge is 2.13. The SMILES string of the molecule is CCOC(=O)CC(N)c1ccccc1S. The Morgan fingerprint density at radius 1 is 1.53 bits per heavy atom. The zero-order chi connectivity index (χ0) is 11.3. The number of esters is 1. The van der Waals surface area contributed by atoms with Gasteiger partial charge in [-0.15, -0.1) is 12.6 Å². The van der Waals surface area contributed by atoms with Crippen LogP contribution in [0.15, 0.2) is 29.2 Å². The molecule has 0 aliphatic carbocycles. The minimum Gasteiger partial charge on any atom is -0.466 e. The molecule has 0 bridgehead atoms. The van der Waals surface area contributed by atoms with Gasteiger partial charge >= 0.3 is 5.97 Å². The third-order valence-corrected chi connectivity index (χ3v) is 2.44. The lowest BCUT2D eigenvalue weighted by Crippen LogP contribution is -2.17. The Balaban J connectivity index is 2.65. The van der Waals surface area contributed by atoms with Crippen LogP contribution in [-0.4, -0.2) is 12.6 Å². The van der Waals surface area contributed by atoms with E-state index in [-0.39, 0.29) is 18.4 Å². The number of carbonyl (C=O) groups excluding carboxylic acids is 1. The van der Waals surface area contributed by atoms with Crippen molar-refractivity contribution in [3.8, 4) is 0 Å². The molecule has 1 atom stereocenters. The first-order valence-corrected chi connectivity index (χ1v) is 5.29. The molecule has 1 rings (SSSR count). The van der Waals surface area contributed by atoms with E-state index in [1.165, 1.54) is 0 Å². The van der Waals surface area contributed by atoms with Crippen LogP contribution < -0.4 is 5.73 Å². The summed E-state index contributed by atoms with van der Waals surface area (Å²) in [7, 11) is 0. The summed E-state index contributed by atoms with van der Waals surface area (Å²) in [4.78, 5) is 12.0. The number of nitrogens with two attached hydrogens (primary N) is 1. The van der Waals surface area contributed by atoms with Crippen LogP contribution in [0.3, 0.4) is 0 Å². The molecule has 0 aromatic heterocycles. The number of hydrogen-bond donors (Lipinski definition) is 2. The van der Waals surface area contributed by atoms with Gasteiger partial charge in [-0.25, -0.2) is 0 Å². The number of thiol groups is 1. The molecule has 82 valence electrons. The second-order valence-electron chi connectivity index (χ2n) is 3.17. The standard InChI is InChI=1S/C11H15NO2S/c1-2-14-11(13)7-9(12)8-5-3-4-6-10(8)15/h3-6,9,15H,2,7,12H2,1H3. The third kappa shape index (κ3) is 3.57. The van der Waals surface area contributed by atoms with E-state index >= 15 is 0 Å². The maximum atomic E-state index is 11.2. The van der Waals surface area contributed by atoms with Crippen LogP contribution >= 0.6 is 12.6 Å². The number of benzene rings is 1. The second kappa shape index (κ2) is 5.78. The lowest BCUT2D eigenvalue weighted by atomic mass is 10.1. The highest BCUT2D eigenvalue weighted by molar-refractivity contribution is 7.80. The van der Waals surface area contributed by atoms with Crippen LogP contribution in [0.5, 0.6) is 0 Å². The predicted octanol–water partition coefficient (Wildman–Crippen LogP) is 1.93. The van der Waals surface area contributed by atoms with Gasteiger partial charge in [-0.2, -0.15) is 0 Å². The van der Waals surface area contributed by atoms with Crippen molar-refractivity contribution in [1.29, 1.82) is 0 Å². The summed E-state index contributed by atoms with van der Waals surface area (Å²) in [6, 6.07) is 7.12. The number of rotatable bonds is 4. The van der Waals surface area contributed by atoms with Crippen LogP contribution in [0, 0.1) is 0 Å². The fourth-order valence-electron chi connectivity index (χ4n) is 1.31. The van der Waals surface area contributed by atoms with E-state index in [9.17, 15) is 4.79 Å². The summed E-state index contributed by atoms with van der Waals surface area (Å²) in [6.07, 6.45) is 0.186. The monoisotopic (exact) mass is 225 g/mol. The topological polar surface area (TPSA) is 52.3 Å². The zero-order valence-electron chi connectivity index (χ0n) is 8.64. The molecule has 2 N–H and O–H groups in total. The number of carbonyl (C=O) groups is 1.